The Morgan fingerprint density at radius 1 is 1.18 bits per heavy atom. The van der Waals surface area contributed by atoms with Crippen LogP contribution in [-0.4, -0.2) is 10.9 Å². The Morgan fingerprint density at radius 2 is 2.05 bits per heavy atom. The van der Waals surface area contributed by atoms with Crippen molar-refractivity contribution >= 4 is 22.9 Å². The number of anilines is 1. The maximum Gasteiger partial charge on any atom is 0.291 e. The molecule has 0 aliphatic carbocycles. The zero-order valence-corrected chi connectivity index (χ0v) is 12.6. The summed E-state index contributed by atoms with van der Waals surface area (Å²) < 4.78 is 5.05. The minimum Gasteiger partial charge on any atom is -0.459 e. The number of benzene rings is 1. The van der Waals surface area contributed by atoms with Gasteiger partial charge in [-0.25, -0.2) is 4.98 Å². The van der Waals surface area contributed by atoms with Crippen LogP contribution in [0, 0.1) is 0 Å². The van der Waals surface area contributed by atoms with Crippen molar-refractivity contribution in [2.45, 2.75) is 13.1 Å². The standard InChI is InChI=1S/C16H15N3O2S/c20-16(15-2-1-7-21-15)19-13-5-3-12(4-6-13)8-17-9-14-10-22-11-18-14/h1-7,10-11,17H,8-9H2,(H,19,20). The topological polar surface area (TPSA) is 67.2 Å². The van der Waals surface area contributed by atoms with Crippen LogP contribution in [-0.2, 0) is 13.1 Å². The predicted octanol–water partition coefficient (Wildman–Crippen LogP) is 3.28. The van der Waals surface area contributed by atoms with E-state index >= 15 is 0 Å². The molecule has 0 saturated carbocycles. The van der Waals surface area contributed by atoms with Crippen LogP contribution in [0.2, 0.25) is 0 Å². The summed E-state index contributed by atoms with van der Waals surface area (Å²) in [5, 5.41) is 8.14. The molecular formula is C16H15N3O2S. The molecule has 0 saturated heterocycles. The van der Waals surface area contributed by atoms with Gasteiger partial charge in [0.2, 0.25) is 0 Å². The van der Waals surface area contributed by atoms with Crippen LogP contribution in [0.4, 0.5) is 5.69 Å². The fourth-order valence-electron chi connectivity index (χ4n) is 1.97. The van der Waals surface area contributed by atoms with Gasteiger partial charge in [0, 0.05) is 24.2 Å². The van der Waals surface area contributed by atoms with Crippen LogP contribution in [0.3, 0.4) is 0 Å². The van der Waals surface area contributed by atoms with E-state index in [0.29, 0.717) is 5.76 Å². The smallest absolute Gasteiger partial charge is 0.291 e. The summed E-state index contributed by atoms with van der Waals surface area (Å²) in [4.78, 5) is 16.1. The molecule has 1 aromatic carbocycles. The number of thiazole rings is 1. The molecule has 5 nitrogen and oxygen atoms in total. The lowest BCUT2D eigenvalue weighted by Gasteiger charge is -2.06. The first-order valence-corrected chi connectivity index (χ1v) is 7.77. The molecule has 2 heterocycles. The summed E-state index contributed by atoms with van der Waals surface area (Å²) in [7, 11) is 0. The van der Waals surface area contributed by atoms with Gasteiger partial charge in [0.15, 0.2) is 5.76 Å². The summed E-state index contributed by atoms with van der Waals surface area (Å²) in [5.41, 5.74) is 4.76. The normalized spacial score (nSPS) is 10.5. The highest BCUT2D eigenvalue weighted by Gasteiger charge is 2.08. The van der Waals surface area contributed by atoms with E-state index < -0.39 is 0 Å². The molecule has 2 aromatic heterocycles. The van der Waals surface area contributed by atoms with Crippen molar-refractivity contribution < 1.29 is 9.21 Å². The maximum absolute atomic E-state index is 11.8. The second-order valence-corrected chi connectivity index (χ2v) is 5.43. The largest absolute Gasteiger partial charge is 0.459 e. The minimum atomic E-state index is -0.251. The average molecular weight is 313 g/mol. The lowest BCUT2D eigenvalue weighted by Crippen LogP contribution is -2.13. The molecule has 3 aromatic rings. The van der Waals surface area contributed by atoms with E-state index in [0.717, 1.165) is 30.0 Å². The number of aromatic nitrogens is 1. The first-order chi connectivity index (χ1) is 10.8. The molecule has 0 aliphatic heterocycles. The molecule has 0 bridgehead atoms. The zero-order valence-electron chi connectivity index (χ0n) is 11.8. The van der Waals surface area contributed by atoms with Crippen LogP contribution < -0.4 is 10.6 Å². The van der Waals surface area contributed by atoms with Crippen molar-refractivity contribution in [3.63, 3.8) is 0 Å². The van der Waals surface area contributed by atoms with Crippen molar-refractivity contribution in [2.75, 3.05) is 5.32 Å². The van der Waals surface area contributed by atoms with Gasteiger partial charge in [-0.15, -0.1) is 11.3 Å². The van der Waals surface area contributed by atoms with E-state index in [-0.39, 0.29) is 5.91 Å². The molecule has 0 atom stereocenters. The Hall–Kier alpha value is -2.44. The molecule has 0 spiro atoms. The molecular weight excluding hydrogens is 298 g/mol. The fourth-order valence-corrected chi connectivity index (χ4v) is 2.52. The lowest BCUT2D eigenvalue weighted by molar-refractivity contribution is 0.0996. The number of nitrogens with one attached hydrogen (secondary N) is 2. The summed E-state index contributed by atoms with van der Waals surface area (Å²) in [6.07, 6.45) is 1.48. The molecule has 0 aliphatic rings. The van der Waals surface area contributed by atoms with Crippen molar-refractivity contribution in [2.24, 2.45) is 0 Å². The van der Waals surface area contributed by atoms with Crippen LogP contribution in [0.5, 0.6) is 0 Å². The highest BCUT2D eigenvalue weighted by atomic mass is 32.1. The molecule has 6 heteroatoms. The van der Waals surface area contributed by atoms with Gasteiger partial charge in [0.25, 0.3) is 5.91 Å². The van der Waals surface area contributed by atoms with Crippen LogP contribution in [0.1, 0.15) is 21.8 Å². The van der Waals surface area contributed by atoms with Gasteiger partial charge in [0.1, 0.15) is 0 Å². The highest BCUT2D eigenvalue weighted by Crippen LogP contribution is 2.12. The number of furan rings is 1. The Bertz CT molecular complexity index is 706. The first-order valence-electron chi connectivity index (χ1n) is 6.83. The van der Waals surface area contributed by atoms with Crippen molar-refractivity contribution in [3.8, 4) is 0 Å². The Labute approximate surface area is 132 Å². The van der Waals surface area contributed by atoms with Gasteiger partial charge >= 0.3 is 0 Å². The third-order valence-electron chi connectivity index (χ3n) is 3.08. The molecule has 2 N–H and O–H groups in total. The molecule has 112 valence electrons. The summed E-state index contributed by atoms with van der Waals surface area (Å²) >= 11 is 1.59. The predicted molar refractivity (Wildman–Crippen MR) is 85.8 cm³/mol. The van der Waals surface area contributed by atoms with Crippen molar-refractivity contribution in [3.05, 3.63) is 70.6 Å². The van der Waals surface area contributed by atoms with Gasteiger partial charge < -0.3 is 15.1 Å². The Kier molecular flexibility index (Phi) is 4.62. The summed E-state index contributed by atoms with van der Waals surface area (Å²) in [6, 6.07) is 11.0. The second-order valence-electron chi connectivity index (χ2n) is 4.71. The molecule has 0 unspecified atom stereocenters. The summed E-state index contributed by atoms with van der Waals surface area (Å²) in [6.45, 7) is 1.50. The third-order valence-corrected chi connectivity index (χ3v) is 3.71. The van der Waals surface area contributed by atoms with Gasteiger partial charge in [-0.05, 0) is 29.8 Å². The Balaban J connectivity index is 1.50. The van der Waals surface area contributed by atoms with Gasteiger partial charge in [-0.2, -0.15) is 0 Å². The third kappa shape index (κ3) is 3.81. The van der Waals surface area contributed by atoms with Crippen LogP contribution in [0.25, 0.3) is 0 Å². The lowest BCUT2D eigenvalue weighted by atomic mass is 10.2. The van der Waals surface area contributed by atoms with Gasteiger partial charge in [-0.1, -0.05) is 12.1 Å². The van der Waals surface area contributed by atoms with E-state index in [1.165, 1.54) is 6.26 Å². The average Bonchev–Trinajstić information content (AvgIpc) is 3.22. The van der Waals surface area contributed by atoms with Crippen molar-refractivity contribution in [1.82, 2.24) is 10.3 Å². The van der Waals surface area contributed by atoms with Crippen LogP contribution >= 0.6 is 11.3 Å². The van der Waals surface area contributed by atoms with Crippen molar-refractivity contribution in [1.29, 1.82) is 0 Å². The number of carbonyl (C=O) groups excluding carboxylic acids is 1. The van der Waals surface area contributed by atoms with E-state index in [4.69, 9.17) is 4.42 Å². The second kappa shape index (κ2) is 7.02. The number of hydrogen-bond donors (Lipinski definition) is 2. The maximum atomic E-state index is 11.8. The molecule has 0 fully saturated rings. The van der Waals surface area contributed by atoms with E-state index in [2.05, 4.69) is 15.6 Å². The number of hydrogen-bond acceptors (Lipinski definition) is 5. The van der Waals surface area contributed by atoms with Crippen LogP contribution in [0.15, 0.2) is 58.0 Å². The summed E-state index contributed by atoms with van der Waals surface area (Å²) in [5.74, 6) is 0.0495. The quantitative estimate of drug-likeness (QED) is 0.733. The minimum absolute atomic E-state index is 0.251. The van der Waals surface area contributed by atoms with E-state index in [9.17, 15) is 4.79 Å². The van der Waals surface area contributed by atoms with E-state index in [1.807, 2.05) is 35.2 Å². The number of nitrogens with zero attached hydrogens (tertiary/aromatic N) is 1. The van der Waals surface area contributed by atoms with Gasteiger partial charge in [-0.3, -0.25) is 4.79 Å². The molecule has 0 radical (unpaired) electrons. The molecule has 22 heavy (non-hydrogen) atoms. The molecule has 1 amide bonds. The first kappa shape index (κ1) is 14.5. The Morgan fingerprint density at radius 3 is 2.73 bits per heavy atom. The number of rotatable bonds is 6. The fraction of sp³-hybridized carbons (Fsp3) is 0.125. The SMILES string of the molecule is O=C(Nc1ccc(CNCc2cscn2)cc1)c1ccco1. The van der Waals surface area contributed by atoms with E-state index in [1.54, 1.807) is 23.5 Å². The number of carbonyl (C=O) groups is 1. The highest BCUT2D eigenvalue weighted by molar-refractivity contribution is 7.07. The molecule has 3 rings (SSSR count). The zero-order chi connectivity index (χ0) is 15.2. The monoisotopic (exact) mass is 313 g/mol. The van der Waals surface area contributed by atoms with Gasteiger partial charge in [0.05, 0.1) is 17.5 Å². The number of amides is 1.